The Morgan fingerprint density at radius 2 is 0.895 bits per heavy atom. The second-order valence-corrected chi connectivity index (χ2v) is 24.3. The number of nitrogens with one attached hydrogen (secondary N) is 2. The van der Waals surface area contributed by atoms with Crippen LogP contribution in [0.15, 0.2) is 84.9 Å². The van der Waals surface area contributed by atoms with E-state index in [1.807, 2.05) is 77.9 Å². The van der Waals surface area contributed by atoms with Gasteiger partial charge in [-0.2, -0.15) is 0 Å². The molecule has 2 fully saturated rings. The predicted molar refractivity (Wildman–Crippen MR) is 283 cm³/mol. The van der Waals surface area contributed by atoms with Crippen LogP contribution in [0.3, 0.4) is 0 Å². The number of anilines is 4. The zero-order valence-electron chi connectivity index (χ0n) is 45.6. The Balaban J connectivity index is 0.000000221. The molecule has 2 aliphatic carbocycles. The normalized spacial score (nSPS) is 19.8. The van der Waals surface area contributed by atoms with Crippen molar-refractivity contribution in [2.24, 2.45) is 22.7 Å². The molecule has 2 aliphatic rings. The van der Waals surface area contributed by atoms with E-state index in [2.05, 4.69) is 70.8 Å². The van der Waals surface area contributed by atoms with E-state index in [1.54, 1.807) is 0 Å². The Kier molecular flexibility index (Phi) is 16.5. The number of hydrogen-bond acceptors (Lipinski definition) is 10. The Bertz CT molecular complexity index is 2780. The average Bonchev–Trinajstić information content (AvgIpc) is 3.78. The topological polar surface area (TPSA) is 131 Å². The number of hydrogen-bond donors (Lipinski definition) is 2. The summed E-state index contributed by atoms with van der Waals surface area (Å²) in [4.78, 5) is 34.5. The number of nitrogens with zero attached hydrogens (tertiary/aromatic N) is 4. The van der Waals surface area contributed by atoms with Gasteiger partial charge in [0.15, 0.2) is 0 Å². The Hall–Kier alpha value is -6.46. The van der Waals surface area contributed by atoms with E-state index in [4.69, 9.17) is 19.4 Å². The third-order valence-corrected chi connectivity index (χ3v) is 13.2. The molecule has 18 heteroatoms. The van der Waals surface area contributed by atoms with E-state index in [1.165, 1.54) is 48.5 Å². The average molecular weight is 1060 g/mol. The number of carbonyl (C=O) groups is 2. The Morgan fingerprint density at radius 3 is 1.20 bits per heavy atom. The van der Waals surface area contributed by atoms with Crippen molar-refractivity contribution in [2.45, 2.75) is 170 Å². The molecule has 12 nitrogen and oxygen atoms in total. The van der Waals surface area contributed by atoms with Gasteiger partial charge in [0.05, 0.1) is 34.9 Å². The van der Waals surface area contributed by atoms with Crippen molar-refractivity contribution >= 4 is 57.3 Å². The molecule has 0 radical (unpaired) electrons. The molecule has 76 heavy (non-hydrogen) atoms. The molecule has 2 heterocycles. The zero-order chi connectivity index (χ0) is 55.8. The fourth-order valence-corrected chi connectivity index (χ4v) is 11.2. The van der Waals surface area contributed by atoms with Crippen LogP contribution < -0.4 is 20.1 Å². The summed E-state index contributed by atoms with van der Waals surface area (Å²) in [5, 5.41) is 6.61. The maximum absolute atomic E-state index is 12.6. The van der Waals surface area contributed by atoms with Crippen LogP contribution in [0, 0.1) is 22.7 Å². The highest BCUT2D eigenvalue weighted by Gasteiger charge is 2.37. The van der Waals surface area contributed by atoms with Crippen LogP contribution in [0.25, 0.3) is 22.1 Å². The first-order valence-corrected chi connectivity index (χ1v) is 25.8. The molecule has 4 atom stereocenters. The van der Waals surface area contributed by atoms with Gasteiger partial charge >= 0.3 is 24.7 Å². The molecule has 6 aromatic rings. The molecule has 8 rings (SSSR count). The summed E-state index contributed by atoms with van der Waals surface area (Å²) in [7, 11) is 0. The Morgan fingerprint density at radius 1 is 0.553 bits per heavy atom. The van der Waals surface area contributed by atoms with Gasteiger partial charge in [0.2, 0.25) is 11.9 Å². The minimum absolute atomic E-state index is 0.136. The first-order valence-electron chi connectivity index (χ1n) is 25.8. The van der Waals surface area contributed by atoms with Gasteiger partial charge < -0.3 is 38.7 Å². The molecule has 2 N–H and O–H groups in total. The summed E-state index contributed by atoms with van der Waals surface area (Å²) in [6.07, 6.45) is -3.03. The van der Waals surface area contributed by atoms with Crippen molar-refractivity contribution in [3.05, 3.63) is 96.1 Å². The molecule has 4 aromatic carbocycles. The largest absolute Gasteiger partial charge is 0.573 e. The van der Waals surface area contributed by atoms with Crippen molar-refractivity contribution in [1.29, 1.82) is 0 Å². The number of ether oxygens (including phenoxy) is 4. The van der Waals surface area contributed by atoms with Gasteiger partial charge in [-0.15, -0.1) is 26.3 Å². The van der Waals surface area contributed by atoms with Gasteiger partial charge in [0, 0.05) is 23.5 Å². The lowest BCUT2D eigenvalue weighted by Crippen LogP contribution is -2.29. The van der Waals surface area contributed by atoms with E-state index in [0.29, 0.717) is 35.1 Å². The van der Waals surface area contributed by atoms with Crippen LogP contribution in [0.2, 0.25) is 0 Å². The first-order chi connectivity index (χ1) is 35.1. The number of fused-ring (bicyclic) bond motifs is 2. The van der Waals surface area contributed by atoms with E-state index >= 15 is 0 Å². The molecule has 0 spiro atoms. The van der Waals surface area contributed by atoms with Gasteiger partial charge in [-0.3, -0.25) is 9.59 Å². The summed E-state index contributed by atoms with van der Waals surface area (Å²) in [6.45, 7) is 24.6. The standard InChI is InChI=1S/2C29H36F3N3O3/c2*1-18-13-21(17-28(5,6)16-18)35-24-12-7-19(15-25(36)38-27(2,3)4)14-23(24)34-26(35)33-20-8-10-22(11-9-20)37-29(30,31)32/h2*7-12,14,18,21H,13,15-17H2,1-6H3,(H,33,34)/t2*18-,21+/m10/s1. The number of carbonyl (C=O) groups excluding carboxylic acids is 2. The van der Waals surface area contributed by atoms with Gasteiger partial charge in [-0.1, -0.05) is 53.7 Å². The number of halogens is 6. The van der Waals surface area contributed by atoms with Crippen LogP contribution in [0.4, 0.5) is 49.6 Å². The summed E-state index contributed by atoms with van der Waals surface area (Å²) in [5.41, 5.74) is 5.32. The smallest absolute Gasteiger partial charge is 0.460 e. The zero-order valence-corrected chi connectivity index (χ0v) is 45.6. The molecule has 0 saturated heterocycles. The number of imidazole rings is 2. The molecule has 2 saturated carbocycles. The van der Waals surface area contributed by atoms with E-state index in [-0.39, 0.29) is 59.2 Å². The van der Waals surface area contributed by atoms with Crippen molar-refractivity contribution < 1.29 is 54.9 Å². The predicted octanol–water partition coefficient (Wildman–Crippen LogP) is 15.9. The lowest BCUT2D eigenvalue weighted by atomic mass is 9.70. The minimum Gasteiger partial charge on any atom is -0.460 e. The molecule has 0 aliphatic heterocycles. The van der Waals surface area contributed by atoms with Crippen LogP contribution in [0.1, 0.15) is 145 Å². The monoisotopic (exact) mass is 1060 g/mol. The molecule has 0 amide bonds. The van der Waals surface area contributed by atoms with Crippen molar-refractivity contribution in [3.63, 3.8) is 0 Å². The van der Waals surface area contributed by atoms with Crippen LogP contribution in [0.5, 0.6) is 11.5 Å². The lowest BCUT2D eigenvalue weighted by molar-refractivity contribution is -0.275. The quantitative estimate of drug-likeness (QED) is 0.0902. The molecule has 0 unspecified atom stereocenters. The lowest BCUT2D eigenvalue weighted by Gasteiger charge is -2.40. The van der Waals surface area contributed by atoms with Crippen molar-refractivity contribution in [2.75, 3.05) is 10.6 Å². The highest BCUT2D eigenvalue weighted by Crippen LogP contribution is 2.48. The minimum atomic E-state index is -4.75. The number of aromatic nitrogens is 4. The SMILES string of the molecule is C[C@@H]1C[C@H](n2c(Nc3ccc(OC(F)(F)F)cc3)nc3cc(CC(=O)OC(C)(C)C)ccc32)CC(C)(C)C1.C[C@H]1C[C@@H](n2c(Nc3ccc(OC(F)(F)F)cc3)nc3cc(CC(=O)OC(C)(C)C)ccc32)CC(C)(C)C1. The van der Waals surface area contributed by atoms with E-state index < -0.39 is 23.9 Å². The van der Waals surface area contributed by atoms with Crippen molar-refractivity contribution in [1.82, 2.24) is 19.1 Å². The fourth-order valence-electron chi connectivity index (χ4n) is 11.2. The summed E-state index contributed by atoms with van der Waals surface area (Å²) >= 11 is 0. The molecule has 0 bridgehead atoms. The highest BCUT2D eigenvalue weighted by atomic mass is 19.4. The van der Waals surface area contributed by atoms with E-state index in [9.17, 15) is 35.9 Å². The van der Waals surface area contributed by atoms with Crippen LogP contribution in [-0.4, -0.2) is 55.0 Å². The molecule has 412 valence electrons. The molecular weight excluding hydrogens is 991 g/mol. The Labute approximate surface area is 441 Å². The van der Waals surface area contributed by atoms with E-state index in [0.717, 1.165) is 71.7 Å². The third kappa shape index (κ3) is 16.3. The third-order valence-electron chi connectivity index (χ3n) is 13.2. The second kappa shape index (κ2) is 21.9. The second-order valence-electron chi connectivity index (χ2n) is 24.3. The molecule has 2 aromatic heterocycles. The van der Waals surface area contributed by atoms with Gasteiger partial charge in [0.1, 0.15) is 22.7 Å². The molecular formula is C58H72F6N6O6. The number of alkyl halides is 6. The summed E-state index contributed by atoms with van der Waals surface area (Å²) in [5.74, 6) is 1.08. The number of esters is 2. The van der Waals surface area contributed by atoms with Crippen molar-refractivity contribution in [3.8, 4) is 11.5 Å². The van der Waals surface area contributed by atoms with Gasteiger partial charge in [-0.05, 0) is 187 Å². The number of benzene rings is 4. The van der Waals surface area contributed by atoms with Crippen LogP contribution >= 0.6 is 0 Å². The fraction of sp³-hybridized carbons (Fsp3) is 0.517. The summed E-state index contributed by atoms with van der Waals surface area (Å²) < 4.78 is 98.8. The van der Waals surface area contributed by atoms with Crippen LogP contribution in [-0.2, 0) is 31.9 Å². The maximum Gasteiger partial charge on any atom is 0.573 e. The highest BCUT2D eigenvalue weighted by molar-refractivity contribution is 5.84. The number of rotatable bonds is 12. The van der Waals surface area contributed by atoms with Gasteiger partial charge in [0.25, 0.3) is 0 Å². The van der Waals surface area contributed by atoms with Gasteiger partial charge in [-0.25, -0.2) is 9.97 Å². The summed E-state index contributed by atoms with van der Waals surface area (Å²) in [6, 6.07) is 23.2. The first kappa shape index (κ1) is 57.2. The maximum atomic E-state index is 12.6.